The molecule has 80 valence electrons. The van der Waals surface area contributed by atoms with Crippen molar-refractivity contribution in [2.75, 3.05) is 13.1 Å². The molecule has 0 radical (unpaired) electrons. The minimum absolute atomic E-state index is 0.488. The van der Waals surface area contributed by atoms with Crippen LogP contribution in [0.25, 0.3) is 0 Å². The predicted octanol–water partition coefficient (Wildman–Crippen LogP) is 2.23. The van der Waals surface area contributed by atoms with Gasteiger partial charge in [0.2, 0.25) is 0 Å². The minimum atomic E-state index is 0.488. The third kappa shape index (κ3) is 2.17. The van der Waals surface area contributed by atoms with Crippen LogP contribution >= 0.6 is 0 Å². The molecule has 0 spiro atoms. The molecule has 0 N–H and O–H groups in total. The average molecular weight is 195 g/mol. The Morgan fingerprint density at radius 1 is 1.50 bits per heavy atom. The summed E-state index contributed by atoms with van der Waals surface area (Å²) < 4.78 is 0. The van der Waals surface area contributed by atoms with Gasteiger partial charge in [0.25, 0.3) is 0 Å². The van der Waals surface area contributed by atoms with E-state index in [2.05, 4.69) is 11.8 Å². The Bertz CT molecular complexity index is 214. The second-order valence-corrected chi connectivity index (χ2v) is 4.89. The number of fused-ring (bicyclic) bond motifs is 1. The van der Waals surface area contributed by atoms with E-state index in [1.165, 1.54) is 32.2 Å². The van der Waals surface area contributed by atoms with Gasteiger partial charge in [-0.1, -0.05) is 19.8 Å². The van der Waals surface area contributed by atoms with Crippen molar-refractivity contribution >= 4 is 5.78 Å². The van der Waals surface area contributed by atoms with Crippen LogP contribution in [0.4, 0.5) is 0 Å². The molecule has 2 aliphatic heterocycles. The minimum Gasteiger partial charge on any atom is -0.300 e. The van der Waals surface area contributed by atoms with Crippen LogP contribution in [0.15, 0.2) is 0 Å². The van der Waals surface area contributed by atoms with Gasteiger partial charge in [-0.3, -0.25) is 9.69 Å². The molecule has 2 fully saturated rings. The van der Waals surface area contributed by atoms with Crippen LogP contribution in [-0.2, 0) is 4.79 Å². The molecule has 0 aliphatic carbocycles. The van der Waals surface area contributed by atoms with Gasteiger partial charge in [-0.15, -0.1) is 0 Å². The van der Waals surface area contributed by atoms with Crippen molar-refractivity contribution in [2.45, 2.75) is 51.5 Å². The Labute approximate surface area is 86.7 Å². The van der Waals surface area contributed by atoms with Gasteiger partial charge >= 0.3 is 0 Å². The molecule has 14 heavy (non-hydrogen) atoms. The lowest BCUT2D eigenvalue weighted by molar-refractivity contribution is -0.122. The van der Waals surface area contributed by atoms with Crippen LogP contribution in [0.3, 0.4) is 0 Å². The molecule has 2 rings (SSSR count). The zero-order valence-corrected chi connectivity index (χ0v) is 9.17. The fraction of sp³-hybridized carbons (Fsp3) is 0.917. The third-order valence-electron chi connectivity index (χ3n) is 3.72. The number of Topliss-reactive ketones (excluding diaryl/α,β-unsaturated/α-hetero) is 1. The summed E-state index contributed by atoms with van der Waals surface area (Å²) >= 11 is 0. The summed E-state index contributed by atoms with van der Waals surface area (Å²) in [6, 6.07) is 0.609. The maximum absolute atomic E-state index is 11.3. The molecule has 0 aromatic rings. The van der Waals surface area contributed by atoms with Crippen molar-refractivity contribution in [1.29, 1.82) is 0 Å². The monoisotopic (exact) mass is 195 g/mol. The molecule has 2 atom stereocenters. The van der Waals surface area contributed by atoms with Crippen molar-refractivity contribution in [2.24, 2.45) is 5.92 Å². The highest BCUT2D eigenvalue weighted by Gasteiger charge is 2.35. The topological polar surface area (TPSA) is 20.3 Å². The normalized spacial score (nSPS) is 33.4. The summed E-state index contributed by atoms with van der Waals surface area (Å²) in [5.41, 5.74) is 0. The van der Waals surface area contributed by atoms with E-state index in [0.29, 0.717) is 11.8 Å². The van der Waals surface area contributed by atoms with E-state index in [9.17, 15) is 4.79 Å². The van der Waals surface area contributed by atoms with Crippen LogP contribution in [-0.4, -0.2) is 29.8 Å². The Morgan fingerprint density at radius 3 is 3.14 bits per heavy atom. The lowest BCUT2D eigenvalue weighted by Crippen LogP contribution is -2.38. The summed E-state index contributed by atoms with van der Waals surface area (Å²) in [7, 11) is 0. The summed E-state index contributed by atoms with van der Waals surface area (Å²) in [6.45, 7) is 4.55. The Morgan fingerprint density at radius 2 is 2.36 bits per heavy atom. The number of piperidine rings is 1. The maximum Gasteiger partial charge on any atom is 0.135 e. The lowest BCUT2D eigenvalue weighted by atomic mass is 9.96. The fourth-order valence-corrected chi connectivity index (χ4v) is 2.91. The van der Waals surface area contributed by atoms with E-state index in [1.54, 1.807) is 0 Å². The van der Waals surface area contributed by atoms with Crippen molar-refractivity contribution in [3.63, 3.8) is 0 Å². The quantitative estimate of drug-likeness (QED) is 0.688. The van der Waals surface area contributed by atoms with Crippen molar-refractivity contribution in [3.8, 4) is 0 Å². The molecule has 0 aromatic carbocycles. The standard InChI is InChI=1S/C12H21NO/c1-2-3-4-10-7-11-8-12(14)5-6-13(11)9-10/h10-11H,2-9H2,1H3/t10-,11-/m0/s1. The van der Waals surface area contributed by atoms with Crippen molar-refractivity contribution in [3.05, 3.63) is 0 Å². The van der Waals surface area contributed by atoms with E-state index < -0.39 is 0 Å². The van der Waals surface area contributed by atoms with Crippen molar-refractivity contribution in [1.82, 2.24) is 4.90 Å². The molecule has 2 aliphatic rings. The first-order chi connectivity index (χ1) is 6.79. The molecule has 0 aromatic heterocycles. The molecule has 2 heterocycles. The second kappa shape index (κ2) is 4.43. The smallest absolute Gasteiger partial charge is 0.135 e. The first-order valence-corrected chi connectivity index (χ1v) is 6.05. The van der Waals surface area contributed by atoms with Gasteiger partial charge in [0, 0.05) is 32.0 Å². The number of hydrogen-bond acceptors (Lipinski definition) is 2. The van der Waals surface area contributed by atoms with Gasteiger partial charge in [-0.25, -0.2) is 0 Å². The summed E-state index contributed by atoms with van der Waals surface area (Å²) in [5, 5.41) is 0. The molecular formula is C12H21NO. The number of rotatable bonds is 3. The van der Waals surface area contributed by atoms with Gasteiger partial charge < -0.3 is 0 Å². The summed E-state index contributed by atoms with van der Waals surface area (Å²) in [6.07, 6.45) is 6.96. The maximum atomic E-state index is 11.3. The predicted molar refractivity (Wildman–Crippen MR) is 57.2 cm³/mol. The van der Waals surface area contributed by atoms with Gasteiger partial charge in [0.05, 0.1) is 0 Å². The van der Waals surface area contributed by atoms with E-state index in [-0.39, 0.29) is 0 Å². The lowest BCUT2D eigenvalue weighted by Gasteiger charge is -2.27. The molecule has 0 saturated carbocycles. The molecule has 2 saturated heterocycles. The average Bonchev–Trinajstić information content (AvgIpc) is 2.56. The van der Waals surface area contributed by atoms with Gasteiger partial charge in [-0.05, 0) is 18.8 Å². The zero-order chi connectivity index (χ0) is 9.97. The highest BCUT2D eigenvalue weighted by Crippen LogP contribution is 2.31. The molecule has 0 bridgehead atoms. The third-order valence-corrected chi connectivity index (χ3v) is 3.72. The van der Waals surface area contributed by atoms with E-state index >= 15 is 0 Å². The van der Waals surface area contributed by atoms with Crippen LogP contribution in [0.2, 0.25) is 0 Å². The Balaban J connectivity index is 1.83. The van der Waals surface area contributed by atoms with Crippen LogP contribution < -0.4 is 0 Å². The Kier molecular flexibility index (Phi) is 3.22. The number of unbranched alkanes of at least 4 members (excludes halogenated alkanes) is 1. The number of nitrogens with zero attached hydrogens (tertiary/aromatic N) is 1. The largest absolute Gasteiger partial charge is 0.300 e. The molecule has 0 amide bonds. The number of carbonyl (C=O) groups is 1. The van der Waals surface area contributed by atoms with Crippen LogP contribution in [0, 0.1) is 5.92 Å². The number of carbonyl (C=O) groups excluding carboxylic acids is 1. The molecule has 2 nitrogen and oxygen atoms in total. The highest BCUT2D eigenvalue weighted by atomic mass is 16.1. The van der Waals surface area contributed by atoms with Crippen LogP contribution in [0.1, 0.15) is 45.4 Å². The van der Waals surface area contributed by atoms with E-state index in [1.807, 2.05) is 0 Å². The summed E-state index contributed by atoms with van der Waals surface area (Å²) in [4.78, 5) is 13.8. The Hall–Kier alpha value is -0.370. The number of ketones is 1. The van der Waals surface area contributed by atoms with E-state index in [0.717, 1.165) is 25.3 Å². The molecular weight excluding hydrogens is 174 g/mol. The second-order valence-electron chi connectivity index (χ2n) is 4.89. The van der Waals surface area contributed by atoms with Gasteiger partial charge in [-0.2, -0.15) is 0 Å². The van der Waals surface area contributed by atoms with E-state index in [4.69, 9.17) is 0 Å². The molecule has 2 heteroatoms. The van der Waals surface area contributed by atoms with Crippen molar-refractivity contribution < 1.29 is 4.79 Å². The zero-order valence-electron chi connectivity index (χ0n) is 9.17. The number of hydrogen-bond donors (Lipinski definition) is 0. The van der Waals surface area contributed by atoms with Crippen LogP contribution in [0.5, 0.6) is 0 Å². The van der Waals surface area contributed by atoms with Gasteiger partial charge in [0.1, 0.15) is 5.78 Å². The highest BCUT2D eigenvalue weighted by molar-refractivity contribution is 5.80. The van der Waals surface area contributed by atoms with Gasteiger partial charge in [0.15, 0.2) is 0 Å². The summed E-state index contributed by atoms with van der Waals surface area (Å²) in [5.74, 6) is 1.37. The molecule has 0 unspecified atom stereocenters. The first-order valence-electron chi connectivity index (χ1n) is 6.05. The first kappa shape index (κ1) is 10.2. The fourth-order valence-electron chi connectivity index (χ4n) is 2.91. The SMILES string of the molecule is CCCC[C@H]1C[C@H]2CC(=O)CCN2C1.